The highest BCUT2D eigenvalue weighted by atomic mass is 32.1. The highest BCUT2D eigenvalue weighted by Gasteiger charge is 2.09. The summed E-state index contributed by atoms with van der Waals surface area (Å²) >= 11 is 5.84. The fourth-order valence-corrected chi connectivity index (χ4v) is 1.29. The first kappa shape index (κ1) is 8.35. The van der Waals surface area contributed by atoms with Crippen LogP contribution < -0.4 is 0 Å². The molecule has 0 bridgehead atoms. The fourth-order valence-electron chi connectivity index (χ4n) is 0.510. The number of nitrogens with one attached hydrogen (secondary N) is 1. The average Bonchev–Trinajstić information content (AvgIpc) is 2.36. The van der Waals surface area contributed by atoms with E-state index in [1.54, 1.807) is 6.92 Å². The Bertz CT molecular complexity index is 303. The Morgan fingerprint density at radius 2 is 2.64 bits per heavy atom. The highest BCUT2D eigenvalue weighted by Crippen LogP contribution is 2.05. The molecule has 0 aliphatic rings. The third kappa shape index (κ3) is 2.09. The van der Waals surface area contributed by atoms with Crippen molar-refractivity contribution in [3.63, 3.8) is 0 Å². The molecule has 4 nitrogen and oxygen atoms in total. The van der Waals surface area contributed by atoms with E-state index in [1.165, 1.54) is 0 Å². The van der Waals surface area contributed by atoms with Gasteiger partial charge in [-0.05, 0) is 19.1 Å². The summed E-state index contributed by atoms with van der Waals surface area (Å²) in [5.41, 5.74) is 0. The predicted molar refractivity (Wildman–Crippen MR) is 43.3 cm³/mol. The van der Waals surface area contributed by atoms with Crippen molar-refractivity contribution in [3.05, 3.63) is 8.96 Å². The lowest BCUT2D eigenvalue weighted by Crippen LogP contribution is -2.03. The van der Waals surface area contributed by atoms with E-state index in [0.717, 1.165) is 11.3 Å². The number of carbonyl (C=O) groups excluding carboxylic acids is 1. The Balaban J connectivity index is 2.76. The molecule has 0 aromatic carbocycles. The van der Waals surface area contributed by atoms with Crippen LogP contribution in [-0.4, -0.2) is 22.8 Å². The number of hydrogen-bond donors (Lipinski definition) is 1. The summed E-state index contributed by atoms with van der Waals surface area (Å²) in [5.74, 6) is -0.426. The first-order valence-corrected chi connectivity index (χ1v) is 4.19. The molecule has 0 fully saturated rings. The lowest BCUT2D eigenvalue weighted by Gasteiger charge is -1.93. The number of H-pyrrole nitrogens is 1. The molecule has 0 saturated carbocycles. The molecule has 0 amide bonds. The van der Waals surface area contributed by atoms with E-state index >= 15 is 0 Å². The number of esters is 1. The zero-order valence-electron chi connectivity index (χ0n) is 5.79. The highest BCUT2D eigenvalue weighted by molar-refractivity contribution is 7.73. The van der Waals surface area contributed by atoms with Gasteiger partial charge in [-0.25, -0.2) is 4.79 Å². The fraction of sp³-hybridized carbons (Fsp3) is 0.400. The third-order valence-electron chi connectivity index (χ3n) is 0.888. The van der Waals surface area contributed by atoms with Gasteiger partial charge >= 0.3 is 5.97 Å². The van der Waals surface area contributed by atoms with Crippen LogP contribution in [0.15, 0.2) is 0 Å². The molecule has 1 aromatic rings. The summed E-state index contributed by atoms with van der Waals surface area (Å²) in [6, 6.07) is 0. The lowest BCUT2D eigenvalue weighted by molar-refractivity contribution is 0.0525. The molecule has 60 valence electrons. The maximum absolute atomic E-state index is 10.9. The van der Waals surface area contributed by atoms with Crippen LogP contribution in [-0.2, 0) is 4.74 Å². The second-order valence-corrected chi connectivity index (χ2v) is 3.30. The van der Waals surface area contributed by atoms with E-state index < -0.39 is 5.97 Å². The molecule has 0 atom stereocenters. The van der Waals surface area contributed by atoms with Crippen LogP contribution in [0.2, 0.25) is 0 Å². The second kappa shape index (κ2) is 3.59. The van der Waals surface area contributed by atoms with Crippen molar-refractivity contribution in [2.24, 2.45) is 0 Å². The van der Waals surface area contributed by atoms with Gasteiger partial charge in [0.05, 0.1) is 6.61 Å². The number of rotatable bonds is 2. The van der Waals surface area contributed by atoms with Crippen LogP contribution in [0.25, 0.3) is 0 Å². The van der Waals surface area contributed by atoms with Crippen LogP contribution in [0, 0.1) is 3.95 Å². The molecular weight excluding hydrogens is 184 g/mol. The Kier molecular flexibility index (Phi) is 2.72. The summed E-state index contributed by atoms with van der Waals surface area (Å²) in [7, 11) is 0. The molecule has 0 aliphatic heterocycles. The molecule has 0 unspecified atom stereocenters. The quantitative estimate of drug-likeness (QED) is 0.565. The summed E-state index contributed by atoms with van der Waals surface area (Å²) in [5, 5.41) is 6.41. The molecule has 6 heteroatoms. The molecule has 0 aliphatic carbocycles. The van der Waals surface area contributed by atoms with Gasteiger partial charge in [-0.3, -0.25) is 5.10 Å². The largest absolute Gasteiger partial charge is 0.461 e. The van der Waals surface area contributed by atoms with Crippen molar-refractivity contribution < 1.29 is 9.53 Å². The van der Waals surface area contributed by atoms with Gasteiger partial charge in [0.1, 0.15) is 0 Å². The molecular formula is C5H6N2O2S2. The monoisotopic (exact) mass is 190 g/mol. The van der Waals surface area contributed by atoms with Crippen molar-refractivity contribution in [1.29, 1.82) is 0 Å². The molecule has 0 radical (unpaired) electrons. The van der Waals surface area contributed by atoms with E-state index in [9.17, 15) is 4.79 Å². The van der Waals surface area contributed by atoms with Crippen LogP contribution in [0.1, 0.15) is 16.7 Å². The van der Waals surface area contributed by atoms with Crippen molar-refractivity contribution in [3.8, 4) is 0 Å². The van der Waals surface area contributed by atoms with Gasteiger partial charge in [-0.2, -0.15) is 5.10 Å². The average molecular weight is 190 g/mol. The number of nitrogens with zero attached hydrogens (tertiary/aromatic N) is 1. The Labute approximate surface area is 72.2 Å². The van der Waals surface area contributed by atoms with Crippen LogP contribution in [0.3, 0.4) is 0 Å². The predicted octanol–water partition coefficient (Wildman–Crippen LogP) is 1.38. The number of carbonyl (C=O) groups is 1. The van der Waals surface area contributed by atoms with E-state index in [1.807, 2.05) is 0 Å². The molecule has 1 aromatic heterocycles. The van der Waals surface area contributed by atoms with E-state index in [0.29, 0.717) is 10.6 Å². The molecule has 1 heterocycles. The number of aromatic nitrogens is 2. The molecule has 0 saturated heterocycles. The zero-order valence-corrected chi connectivity index (χ0v) is 7.42. The summed E-state index contributed by atoms with van der Waals surface area (Å²) in [6.45, 7) is 2.09. The van der Waals surface area contributed by atoms with Gasteiger partial charge in [0.15, 0.2) is 3.95 Å². The van der Waals surface area contributed by atoms with Crippen molar-refractivity contribution >= 4 is 29.5 Å². The van der Waals surface area contributed by atoms with Crippen LogP contribution in [0.4, 0.5) is 0 Å². The molecule has 0 spiro atoms. The Morgan fingerprint density at radius 1 is 1.91 bits per heavy atom. The standard InChI is InChI=1S/C5H6N2O2S2/c1-2-9-4(8)3-6-7-5(10)11-3/h2H2,1H3,(H,7,10). The first-order valence-electron chi connectivity index (χ1n) is 2.96. The van der Waals surface area contributed by atoms with Crippen molar-refractivity contribution in [2.45, 2.75) is 6.92 Å². The normalized spacial score (nSPS) is 9.55. The Hall–Kier alpha value is -0.750. The van der Waals surface area contributed by atoms with E-state index in [4.69, 9.17) is 12.2 Å². The lowest BCUT2D eigenvalue weighted by atomic mass is 10.7. The molecule has 1 N–H and O–H groups in total. The molecule has 1 rings (SSSR count). The second-order valence-electron chi connectivity index (χ2n) is 1.64. The Morgan fingerprint density at radius 3 is 3.09 bits per heavy atom. The summed E-state index contributed by atoms with van der Waals surface area (Å²) in [4.78, 5) is 10.9. The zero-order chi connectivity index (χ0) is 8.27. The minimum absolute atomic E-state index is 0.275. The SMILES string of the molecule is CCOC(=O)c1n[nH]c(=S)s1. The number of aromatic amines is 1. The van der Waals surface area contributed by atoms with E-state index in [2.05, 4.69) is 14.9 Å². The van der Waals surface area contributed by atoms with E-state index in [-0.39, 0.29) is 5.01 Å². The molecule has 11 heavy (non-hydrogen) atoms. The minimum atomic E-state index is -0.426. The maximum atomic E-state index is 10.9. The third-order valence-corrected chi connectivity index (χ3v) is 1.96. The summed E-state index contributed by atoms with van der Waals surface area (Å²) < 4.78 is 5.16. The van der Waals surface area contributed by atoms with Gasteiger partial charge in [-0.1, -0.05) is 11.3 Å². The smallest absolute Gasteiger partial charge is 0.369 e. The van der Waals surface area contributed by atoms with Gasteiger partial charge in [0.25, 0.3) is 0 Å². The topological polar surface area (TPSA) is 55.0 Å². The van der Waals surface area contributed by atoms with Gasteiger partial charge in [0, 0.05) is 0 Å². The van der Waals surface area contributed by atoms with Crippen molar-refractivity contribution in [1.82, 2.24) is 10.2 Å². The van der Waals surface area contributed by atoms with Gasteiger partial charge in [0.2, 0.25) is 5.01 Å². The number of ether oxygens (including phenoxy) is 1. The minimum Gasteiger partial charge on any atom is -0.461 e. The summed E-state index contributed by atoms with van der Waals surface area (Å²) in [6.07, 6.45) is 0. The van der Waals surface area contributed by atoms with Crippen LogP contribution >= 0.6 is 23.6 Å². The first-order chi connectivity index (χ1) is 5.24. The van der Waals surface area contributed by atoms with Crippen molar-refractivity contribution in [2.75, 3.05) is 6.61 Å². The van der Waals surface area contributed by atoms with Gasteiger partial charge < -0.3 is 4.74 Å². The van der Waals surface area contributed by atoms with Gasteiger partial charge in [-0.15, -0.1) is 0 Å². The van der Waals surface area contributed by atoms with Crippen LogP contribution in [0.5, 0.6) is 0 Å². The number of hydrogen-bond acceptors (Lipinski definition) is 5. The maximum Gasteiger partial charge on any atom is 0.369 e.